The maximum absolute atomic E-state index is 12.6. The summed E-state index contributed by atoms with van der Waals surface area (Å²) in [7, 11) is 0. The Hall–Kier alpha value is -3.14. The van der Waals surface area contributed by atoms with Crippen LogP contribution in [0.15, 0.2) is 41.6 Å². The first-order chi connectivity index (χ1) is 11.6. The number of para-hydroxylation sites is 2. The molecule has 1 heterocycles. The van der Waals surface area contributed by atoms with E-state index in [1.54, 1.807) is 38.1 Å². The molecule has 1 aromatic heterocycles. The highest BCUT2D eigenvalue weighted by molar-refractivity contribution is 5.88. The molecule has 0 N–H and O–H groups in total. The van der Waals surface area contributed by atoms with Gasteiger partial charge in [0.25, 0.3) is 5.56 Å². The fourth-order valence-electron chi connectivity index (χ4n) is 2.08. The summed E-state index contributed by atoms with van der Waals surface area (Å²) in [5.74, 6) is -0.300. The van der Waals surface area contributed by atoms with Gasteiger partial charge in [0.05, 0.1) is 24.8 Å². The summed E-state index contributed by atoms with van der Waals surface area (Å²) < 4.78 is 11.8. The topological polar surface area (TPSA) is 94.2 Å². The average molecular weight is 327 g/mol. The number of hydrogen-bond acceptors (Lipinski definition) is 6. The first-order valence-corrected chi connectivity index (χ1v) is 7.45. The number of rotatable bonds is 6. The quantitative estimate of drug-likeness (QED) is 0.754. The van der Waals surface area contributed by atoms with Gasteiger partial charge in [-0.1, -0.05) is 12.1 Å². The van der Waals surface area contributed by atoms with E-state index in [2.05, 4.69) is 4.98 Å². The summed E-state index contributed by atoms with van der Waals surface area (Å²) in [5, 5.41) is 8.75. The number of benzene rings is 1. The predicted octanol–water partition coefficient (Wildman–Crippen LogP) is 2.09. The lowest BCUT2D eigenvalue weighted by Gasteiger charge is -2.16. The van der Waals surface area contributed by atoms with Crippen LogP contribution in [0.5, 0.6) is 5.75 Å². The molecule has 24 heavy (non-hydrogen) atoms. The molecule has 1 aromatic carbocycles. The molecular formula is C17H17N3O4. The average Bonchev–Trinajstić information content (AvgIpc) is 2.56. The number of carbonyl (C=O) groups is 1. The monoisotopic (exact) mass is 327 g/mol. The van der Waals surface area contributed by atoms with Crippen molar-refractivity contribution in [3.05, 3.63) is 52.7 Å². The largest absolute Gasteiger partial charge is 0.487 e. The molecule has 0 radical (unpaired) electrons. The van der Waals surface area contributed by atoms with Gasteiger partial charge in [0.15, 0.2) is 0 Å². The summed E-state index contributed by atoms with van der Waals surface area (Å²) in [6.07, 6.45) is 2.36. The summed E-state index contributed by atoms with van der Waals surface area (Å²) in [4.78, 5) is 28.4. The van der Waals surface area contributed by atoms with Gasteiger partial charge in [-0.2, -0.15) is 5.26 Å². The predicted molar refractivity (Wildman–Crippen MR) is 86.1 cm³/mol. The SMILES string of the molecule is CCOC(=O)c1cncn(-c2ccccc2OC(C)CC#N)c1=O. The molecule has 0 spiro atoms. The van der Waals surface area contributed by atoms with E-state index in [4.69, 9.17) is 14.7 Å². The molecular weight excluding hydrogens is 310 g/mol. The van der Waals surface area contributed by atoms with E-state index in [0.29, 0.717) is 11.4 Å². The number of esters is 1. The van der Waals surface area contributed by atoms with Crippen molar-refractivity contribution in [3.63, 3.8) is 0 Å². The Kier molecular flexibility index (Phi) is 5.68. The van der Waals surface area contributed by atoms with Crippen LogP contribution in [0.4, 0.5) is 0 Å². The lowest BCUT2D eigenvalue weighted by atomic mass is 10.2. The normalized spacial score (nSPS) is 11.4. The first-order valence-electron chi connectivity index (χ1n) is 7.45. The molecule has 0 amide bonds. The Morgan fingerprint density at radius 2 is 2.17 bits per heavy atom. The van der Waals surface area contributed by atoms with E-state index in [-0.39, 0.29) is 24.7 Å². The van der Waals surface area contributed by atoms with Crippen LogP contribution >= 0.6 is 0 Å². The Morgan fingerprint density at radius 1 is 1.42 bits per heavy atom. The summed E-state index contributed by atoms with van der Waals surface area (Å²) in [6, 6.07) is 8.88. The van der Waals surface area contributed by atoms with Gasteiger partial charge in [-0.15, -0.1) is 0 Å². The van der Waals surface area contributed by atoms with Crippen LogP contribution in [0.3, 0.4) is 0 Å². The molecule has 1 unspecified atom stereocenters. The van der Waals surface area contributed by atoms with Crippen LogP contribution in [0.2, 0.25) is 0 Å². The zero-order valence-corrected chi connectivity index (χ0v) is 13.4. The van der Waals surface area contributed by atoms with Crippen molar-refractivity contribution in [1.82, 2.24) is 9.55 Å². The number of aromatic nitrogens is 2. The second-order valence-electron chi connectivity index (χ2n) is 4.96. The van der Waals surface area contributed by atoms with Gasteiger partial charge in [0.2, 0.25) is 0 Å². The van der Waals surface area contributed by atoms with E-state index in [1.807, 2.05) is 6.07 Å². The van der Waals surface area contributed by atoms with E-state index in [9.17, 15) is 9.59 Å². The number of carbonyl (C=O) groups excluding carboxylic acids is 1. The highest BCUT2D eigenvalue weighted by Crippen LogP contribution is 2.22. The van der Waals surface area contributed by atoms with Gasteiger partial charge in [-0.25, -0.2) is 9.78 Å². The molecule has 0 saturated carbocycles. The molecule has 1 atom stereocenters. The standard InChI is InChI=1S/C17H17N3O4/c1-3-23-17(22)13-10-19-11-20(16(13)21)14-6-4-5-7-15(14)24-12(2)8-9-18/h4-7,10-12H,3,8H2,1-2H3. The van der Waals surface area contributed by atoms with E-state index in [1.165, 1.54) is 17.1 Å². The van der Waals surface area contributed by atoms with Gasteiger partial charge in [0, 0.05) is 6.20 Å². The number of hydrogen-bond donors (Lipinski definition) is 0. The van der Waals surface area contributed by atoms with Crippen LogP contribution in [-0.2, 0) is 4.74 Å². The second-order valence-corrected chi connectivity index (χ2v) is 4.96. The van der Waals surface area contributed by atoms with Crippen molar-refractivity contribution in [2.45, 2.75) is 26.4 Å². The lowest BCUT2D eigenvalue weighted by molar-refractivity contribution is 0.0523. The molecule has 0 aliphatic carbocycles. The van der Waals surface area contributed by atoms with Gasteiger partial charge in [0.1, 0.15) is 23.7 Å². The Morgan fingerprint density at radius 3 is 2.88 bits per heavy atom. The molecule has 0 saturated heterocycles. The van der Waals surface area contributed by atoms with Gasteiger partial charge >= 0.3 is 5.97 Å². The summed E-state index contributed by atoms with van der Waals surface area (Å²) in [6.45, 7) is 3.58. The minimum absolute atomic E-state index is 0.153. The molecule has 7 nitrogen and oxygen atoms in total. The van der Waals surface area contributed by atoms with Crippen LogP contribution in [0.1, 0.15) is 30.6 Å². The zero-order valence-electron chi connectivity index (χ0n) is 13.4. The van der Waals surface area contributed by atoms with E-state index >= 15 is 0 Å². The highest BCUT2D eigenvalue weighted by Gasteiger charge is 2.17. The minimum Gasteiger partial charge on any atom is -0.487 e. The molecule has 7 heteroatoms. The lowest BCUT2D eigenvalue weighted by Crippen LogP contribution is -2.27. The van der Waals surface area contributed by atoms with Crippen molar-refractivity contribution >= 4 is 5.97 Å². The highest BCUT2D eigenvalue weighted by atomic mass is 16.5. The number of ether oxygens (including phenoxy) is 2. The van der Waals surface area contributed by atoms with E-state index < -0.39 is 11.5 Å². The van der Waals surface area contributed by atoms with Gasteiger partial charge in [-0.3, -0.25) is 9.36 Å². The van der Waals surface area contributed by atoms with Gasteiger partial charge in [-0.05, 0) is 26.0 Å². The zero-order chi connectivity index (χ0) is 17.5. The summed E-state index contributed by atoms with van der Waals surface area (Å²) in [5.41, 5.74) is -0.266. The van der Waals surface area contributed by atoms with Crippen molar-refractivity contribution < 1.29 is 14.3 Å². The molecule has 0 aliphatic heterocycles. The van der Waals surface area contributed by atoms with Crippen LogP contribution in [0, 0.1) is 11.3 Å². The number of nitriles is 1. The molecule has 0 aliphatic rings. The minimum atomic E-state index is -0.722. The van der Waals surface area contributed by atoms with Crippen LogP contribution in [0.25, 0.3) is 5.69 Å². The summed E-state index contributed by atoms with van der Waals surface area (Å²) >= 11 is 0. The van der Waals surface area contributed by atoms with Crippen molar-refractivity contribution in [3.8, 4) is 17.5 Å². The molecule has 2 rings (SSSR count). The molecule has 2 aromatic rings. The van der Waals surface area contributed by atoms with Crippen LogP contribution in [-0.4, -0.2) is 28.2 Å². The fourth-order valence-corrected chi connectivity index (χ4v) is 2.08. The van der Waals surface area contributed by atoms with Crippen molar-refractivity contribution in [2.24, 2.45) is 0 Å². The Bertz CT molecular complexity index is 823. The van der Waals surface area contributed by atoms with Crippen LogP contribution < -0.4 is 10.3 Å². The Labute approximate surface area is 139 Å². The third kappa shape index (κ3) is 3.79. The van der Waals surface area contributed by atoms with Crippen molar-refractivity contribution in [1.29, 1.82) is 5.26 Å². The third-order valence-electron chi connectivity index (χ3n) is 3.16. The molecule has 124 valence electrons. The maximum Gasteiger partial charge on any atom is 0.345 e. The van der Waals surface area contributed by atoms with Gasteiger partial charge < -0.3 is 9.47 Å². The third-order valence-corrected chi connectivity index (χ3v) is 3.16. The fraction of sp³-hybridized carbons (Fsp3) is 0.294. The van der Waals surface area contributed by atoms with Crippen molar-refractivity contribution in [2.75, 3.05) is 6.61 Å². The molecule has 0 fully saturated rings. The molecule has 0 bridgehead atoms. The Balaban J connectivity index is 2.46. The van der Waals surface area contributed by atoms with E-state index in [0.717, 1.165) is 0 Å². The smallest absolute Gasteiger partial charge is 0.345 e. The number of nitrogens with zero attached hydrogens (tertiary/aromatic N) is 3. The second kappa shape index (κ2) is 7.92. The first kappa shape index (κ1) is 17.2. The maximum atomic E-state index is 12.6.